The number of carbonyl (C=O) groups excluding carboxylic acids is 1. The molecule has 0 fully saturated rings. The smallest absolute Gasteiger partial charge is 0.419 e. The van der Waals surface area contributed by atoms with Gasteiger partial charge in [0.15, 0.2) is 0 Å². The standard InChI is InChI=1S/C20H24F3N3O3/c1-12(2)10-19(3,26-18(27)28)11-29-16-5-4-13(8-15(16)20(21,22)23)14-6-7-25-17(24)9-14/h4-9,12,26H,10-11H2,1-3H3,(H2,24,25)(H,27,28)/p-1. The van der Waals surface area contributed by atoms with Crippen molar-refractivity contribution in [1.29, 1.82) is 0 Å². The van der Waals surface area contributed by atoms with Crippen LogP contribution in [0.3, 0.4) is 0 Å². The summed E-state index contributed by atoms with van der Waals surface area (Å²) >= 11 is 0. The van der Waals surface area contributed by atoms with E-state index in [9.17, 15) is 23.1 Å². The highest BCUT2D eigenvalue weighted by molar-refractivity contribution is 5.68. The number of amides is 1. The van der Waals surface area contributed by atoms with Crippen LogP contribution in [0.1, 0.15) is 32.8 Å². The number of carbonyl (C=O) groups is 1. The third kappa shape index (κ3) is 6.27. The molecule has 2 aromatic rings. The van der Waals surface area contributed by atoms with Crippen molar-refractivity contribution in [1.82, 2.24) is 10.3 Å². The summed E-state index contributed by atoms with van der Waals surface area (Å²) in [5.41, 5.74) is 4.32. The van der Waals surface area contributed by atoms with Crippen molar-refractivity contribution in [3.8, 4) is 16.9 Å². The number of hydrogen-bond acceptors (Lipinski definition) is 5. The van der Waals surface area contributed by atoms with Gasteiger partial charge in [0.2, 0.25) is 0 Å². The van der Waals surface area contributed by atoms with Crippen LogP contribution in [0.25, 0.3) is 11.1 Å². The van der Waals surface area contributed by atoms with Crippen LogP contribution in [-0.2, 0) is 6.18 Å². The monoisotopic (exact) mass is 410 g/mol. The first-order valence-corrected chi connectivity index (χ1v) is 8.95. The summed E-state index contributed by atoms with van der Waals surface area (Å²) in [7, 11) is 0. The molecule has 2 rings (SSSR count). The summed E-state index contributed by atoms with van der Waals surface area (Å²) in [4.78, 5) is 14.8. The summed E-state index contributed by atoms with van der Waals surface area (Å²) < 4.78 is 46.3. The van der Waals surface area contributed by atoms with Crippen molar-refractivity contribution < 1.29 is 27.8 Å². The molecule has 1 unspecified atom stereocenters. The van der Waals surface area contributed by atoms with Gasteiger partial charge in [-0.1, -0.05) is 19.9 Å². The zero-order valence-electron chi connectivity index (χ0n) is 16.3. The van der Waals surface area contributed by atoms with E-state index in [2.05, 4.69) is 10.3 Å². The van der Waals surface area contributed by atoms with Gasteiger partial charge >= 0.3 is 6.18 Å². The van der Waals surface area contributed by atoms with E-state index in [4.69, 9.17) is 10.5 Å². The largest absolute Gasteiger partial charge is 0.530 e. The second-order valence-electron chi connectivity index (χ2n) is 7.54. The number of nitrogens with two attached hydrogens (primary N) is 1. The summed E-state index contributed by atoms with van der Waals surface area (Å²) in [6, 6.07) is 6.68. The lowest BCUT2D eigenvalue weighted by atomic mass is 9.91. The highest BCUT2D eigenvalue weighted by Gasteiger charge is 2.36. The number of nitrogen functional groups attached to an aromatic ring is 1. The summed E-state index contributed by atoms with van der Waals surface area (Å²) in [6.45, 7) is 5.01. The van der Waals surface area contributed by atoms with Crippen LogP contribution >= 0.6 is 0 Å². The zero-order valence-corrected chi connectivity index (χ0v) is 16.3. The molecule has 0 spiro atoms. The Kier molecular flexibility index (Phi) is 6.61. The van der Waals surface area contributed by atoms with E-state index in [1.54, 1.807) is 13.0 Å². The number of hydrogen-bond donors (Lipinski definition) is 2. The molecular formula is C20H23F3N3O3-. The molecule has 1 aromatic heterocycles. The molecule has 0 aliphatic carbocycles. The van der Waals surface area contributed by atoms with Crippen LogP contribution < -0.4 is 20.9 Å². The van der Waals surface area contributed by atoms with Crippen LogP contribution in [-0.4, -0.2) is 23.2 Å². The second kappa shape index (κ2) is 8.59. The summed E-state index contributed by atoms with van der Waals surface area (Å²) in [6.07, 6.45) is -4.42. The predicted molar refractivity (Wildman–Crippen MR) is 101 cm³/mol. The topological polar surface area (TPSA) is 100 Å². The maximum absolute atomic E-state index is 13.6. The van der Waals surface area contributed by atoms with Crippen LogP contribution in [0, 0.1) is 5.92 Å². The van der Waals surface area contributed by atoms with Gasteiger partial charge in [-0.15, -0.1) is 0 Å². The van der Waals surface area contributed by atoms with Crippen molar-refractivity contribution in [2.45, 2.75) is 38.9 Å². The highest BCUT2D eigenvalue weighted by Crippen LogP contribution is 2.39. The number of halogens is 3. The van der Waals surface area contributed by atoms with E-state index < -0.39 is 29.1 Å². The number of carboxylic acid groups (broad SMARTS) is 1. The molecule has 0 aliphatic rings. The fourth-order valence-corrected chi connectivity index (χ4v) is 3.22. The lowest BCUT2D eigenvalue weighted by Gasteiger charge is -2.34. The van der Waals surface area contributed by atoms with E-state index in [1.807, 2.05) is 13.8 Å². The molecule has 9 heteroatoms. The quantitative estimate of drug-likeness (QED) is 0.728. The Hall–Kier alpha value is -2.97. The number of pyridine rings is 1. The third-order valence-corrected chi connectivity index (χ3v) is 4.21. The summed E-state index contributed by atoms with van der Waals surface area (Å²) in [5.74, 6) is -0.121. The predicted octanol–water partition coefficient (Wildman–Crippen LogP) is 3.47. The Morgan fingerprint density at radius 2 is 1.90 bits per heavy atom. The maximum atomic E-state index is 13.6. The minimum absolute atomic E-state index is 0.0806. The Labute approximate surface area is 166 Å². The minimum atomic E-state index is -4.67. The first-order chi connectivity index (χ1) is 13.4. The number of rotatable bonds is 7. The van der Waals surface area contributed by atoms with Gasteiger partial charge in [0.1, 0.15) is 24.3 Å². The van der Waals surface area contributed by atoms with Crippen molar-refractivity contribution in [2.24, 2.45) is 5.92 Å². The Balaban J connectivity index is 2.35. The minimum Gasteiger partial charge on any atom is -0.530 e. The molecule has 1 aromatic carbocycles. The maximum Gasteiger partial charge on any atom is 0.419 e. The average molecular weight is 410 g/mol. The number of alkyl halides is 3. The highest BCUT2D eigenvalue weighted by atomic mass is 19.4. The number of aromatic nitrogens is 1. The second-order valence-corrected chi connectivity index (χ2v) is 7.54. The molecule has 0 aliphatic heterocycles. The van der Waals surface area contributed by atoms with Gasteiger partial charge in [0.05, 0.1) is 11.1 Å². The van der Waals surface area contributed by atoms with Crippen LogP contribution in [0.5, 0.6) is 5.75 Å². The van der Waals surface area contributed by atoms with E-state index in [0.29, 0.717) is 17.5 Å². The van der Waals surface area contributed by atoms with Gasteiger partial charge in [-0.25, -0.2) is 4.98 Å². The average Bonchev–Trinajstić information content (AvgIpc) is 2.57. The Morgan fingerprint density at radius 1 is 1.24 bits per heavy atom. The molecule has 1 amide bonds. The van der Waals surface area contributed by atoms with Crippen LogP contribution in [0.15, 0.2) is 36.5 Å². The molecule has 6 nitrogen and oxygen atoms in total. The molecule has 158 valence electrons. The van der Waals surface area contributed by atoms with Gasteiger partial charge in [0.25, 0.3) is 0 Å². The van der Waals surface area contributed by atoms with Crippen LogP contribution in [0.2, 0.25) is 0 Å². The SMILES string of the molecule is CC(C)CC(C)(COc1ccc(-c2ccnc(N)c2)cc1C(F)(F)F)NC(=O)[O-]. The van der Waals surface area contributed by atoms with Crippen molar-refractivity contribution >= 4 is 11.9 Å². The Bertz CT molecular complexity index is 872. The van der Waals surface area contributed by atoms with Crippen LogP contribution in [0.4, 0.5) is 23.8 Å². The number of nitrogens with one attached hydrogen (secondary N) is 1. The molecule has 29 heavy (non-hydrogen) atoms. The van der Waals surface area contributed by atoms with E-state index in [0.717, 1.165) is 6.07 Å². The first-order valence-electron chi connectivity index (χ1n) is 8.95. The molecule has 3 N–H and O–H groups in total. The number of anilines is 1. The van der Waals surface area contributed by atoms with E-state index in [-0.39, 0.29) is 18.3 Å². The van der Waals surface area contributed by atoms with E-state index >= 15 is 0 Å². The molecule has 0 saturated heterocycles. The number of ether oxygens (including phenoxy) is 1. The van der Waals surface area contributed by atoms with Gasteiger partial charge in [-0.3, -0.25) is 0 Å². The third-order valence-electron chi connectivity index (χ3n) is 4.21. The van der Waals surface area contributed by atoms with Gasteiger partial charge in [0, 0.05) is 6.20 Å². The number of benzene rings is 1. The fraction of sp³-hybridized carbons (Fsp3) is 0.400. The molecule has 1 heterocycles. The van der Waals surface area contributed by atoms with Crippen molar-refractivity contribution in [3.63, 3.8) is 0 Å². The zero-order chi connectivity index (χ0) is 21.8. The van der Waals surface area contributed by atoms with E-state index in [1.165, 1.54) is 24.4 Å². The first kappa shape index (κ1) is 22.3. The molecule has 0 saturated carbocycles. The summed E-state index contributed by atoms with van der Waals surface area (Å²) in [5, 5.41) is 13.2. The molecular weight excluding hydrogens is 387 g/mol. The molecule has 0 bridgehead atoms. The molecule has 1 atom stereocenters. The lowest BCUT2D eigenvalue weighted by molar-refractivity contribution is -0.253. The van der Waals surface area contributed by atoms with Gasteiger partial charge < -0.3 is 25.7 Å². The Morgan fingerprint density at radius 3 is 2.45 bits per heavy atom. The van der Waals surface area contributed by atoms with Gasteiger partial charge in [-0.05, 0) is 54.7 Å². The number of nitrogens with zero attached hydrogens (tertiary/aromatic N) is 1. The van der Waals surface area contributed by atoms with Crippen molar-refractivity contribution in [3.05, 3.63) is 42.1 Å². The van der Waals surface area contributed by atoms with Gasteiger partial charge in [-0.2, -0.15) is 13.2 Å². The lowest BCUT2D eigenvalue weighted by Crippen LogP contribution is -2.55. The normalized spacial score (nSPS) is 13.8. The fourth-order valence-electron chi connectivity index (χ4n) is 3.22. The van der Waals surface area contributed by atoms with Crippen molar-refractivity contribution in [2.75, 3.05) is 12.3 Å². The molecule has 0 radical (unpaired) electrons.